The third-order valence-electron chi connectivity index (χ3n) is 16.1. The van der Waals surface area contributed by atoms with Crippen LogP contribution in [-0.2, 0) is 16.2 Å². The maximum Gasteiger partial charge on any atom is 0.333 e. The summed E-state index contributed by atoms with van der Waals surface area (Å²) >= 11 is 1.96. The number of nitrogens with zero attached hydrogens (tertiary/aromatic N) is 2. The molecular weight excluding hydrogens is 784 g/mol. The first-order chi connectivity index (χ1) is 30.2. The Kier molecular flexibility index (Phi) is 7.48. The summed E-state index contributed by atoms with van der Waals surface area (Å²) in [4.78, 5) is 5.68. The van der Waals surface area contributed by atoms with E-state index in [0.717, 1.165) is 28.4 Å². The molecule has 5 heteroatoms. The number of para-hydroxylation sites is 1. The number of thiophene rings is 1. The minimum atomic E-state index is -0.0889. The van der Waals surface area contributed by atoms with E-state index in [1.165, 1.54) is 106 Å². The molecular formula is C58H53BN2OS. The summed E-state index contributed by atoms with van der Waals surface area (Å²) in [5.41, 5.74) is 19.3. The van der Waals surface area contributed by atoms with Gasteiger partial charge in [0.15, 0.2) is 0 Å². The number of furan rings is 1. The van der Waals surface area contributed by atoms with E-state index in [4.69, 9.17) is 4.42 Å². The minimum Gasteiger partial charge on any atom is -0.456 e. The Balaban J connectivity index is 1.25. The molecule has 2 aromatic heterocycles. The van der Waals surface area contributed by atoms with Crippen LogP contribution in [0.1, 0.15) is 97.8 Å². The third-order valence-corrected chi connectivity index (χ3v) is 17.3. The van der Waals surface area contributed by atoms with Crippen LogP contribution in [-0.4, -0.2) is 12.4 Å². The lowest BCUT2D eigenvalue weighted by Crippen LogP contribution is -2.64. The first kappa shape index (κ1) is 37.8. The van der Waals surface area contributed by atoms with Crippen molar-refractivity contribution in [3.63, 3.8) is 0 Å². The Labute approximate surface area is 375 Å². The Bertz CT molecular complexity index is 3440. The van der Waals surface area contributed by atoms with Gasteiger partial charge in [-0.2, -0.15) is 0 Å². The lowest BCUT2D eigenvalue weighted by Gasteiger charge is -2.53. The molecule has 2 atom stereocenters. The van der Waals surface area contributed by atoms with Crippen LogP contribution in [0, 0.1) is 0 Å². The molecule has 3 aliphatic heterocycles. The highest BCUT2D eigenvalue weighted by Gasteiger charge is 2.62. The van der Waals surface area contributed by atoms with Gasteiger partial charge < -0.3 is 14.1 Å². The van der Waals surface area contributed by atoms with Gasteiger partial charge in [0.1, 0.15) is 11.2 Å². The van der Waals surface area contributed by atoms with Gasteiger partial charge in [-0.25, -0.2) is 0 Å². The monoisotopic (exact) mass is 836 g/mol. The van der Waals surface area contributed by atoms with Gasteiger partial charge in [0.05, 0.1) is 5.54 Å². The van der Waals surface area contributed by atoms with Crippen LogP contribution in [0.25, 0.3) is 64.4 Å². The number of hydrogen-bond donors (Lipinski definition) is 0. The second-order valence-electron chi connectivity index (χ2n) is 21.6. The van der Waals surface area contributed by atoms with Gasteiger partial charge in [0.25, 0.3) is 0 Å². The topological polar surface area (TPSA) is 19.6 Å². The fourth-order valence-corrected chi connectivity index (χ4v) is 13.8. The zero-order valence-electron chi connectivity index (χ0n) is 37.7. The fraction of sp³-hybridized carbons (Fsp3) is 0.276. The SMILES string of the molecule is CC(C)(C)c1ccc(N2B3c4cc(C(C)(C)C)cc5c4N(c4cc6c(sc7ccccc76)c(c43)-c3cc4oc6ccccc6c4cc32)C2(C)CCCCC52C)c(-c2ccccc2)c1. The van der Waals surface area contributed by atoms with Gasteiger partial charge in [-0.1, -0.05) is 146 Å². The molecule has 3 nitrogen and oxygen atoms in total. The molecule has 0 radical (unpaired) electrons. The largest absolute Gasteiger partial charge is 0.456 e. The Hall–Kier alpha value is -5.78. The molecule has 1 fully saturated rings. The number of anilines is 4. The van der Waals surface area contributed by atoms with Crippen molar-refractivity contribution in [1.29, 1.82) is 0 Å². The molecule has 0 spiro atoms. The van der Waals surface area contributed by atoms with Gasteiger partial charge in [0, 0.05) is 75.8 Å². The molecule has 9 aromatic rings. The first-order valence-corrected chi connectivity index (χ1v) is 24.0. The van der Waals surface area contributed by atoms with Crippen molar-refractivity contribution in [3.05, 3.63) is 144 Å². The molecule has 0 saturated heterocycles. The second kappa shape index (κ2) is 12.5. The third kappa shape index (κ3) is 4.92. The van der Waals surface area contributed by atoms with Crippen LogP contribution < -0.4 is 20.6 Å². The molecule has 310 valence electrons. The number of benzene rings is 7. The van der Waals surface area contributed by atoms with E-state index in [2.05, 4.69) is 192 Å². The maximum atomic E-state index is 6.82. The van der Waals surface area contributed by atoms with Crippen LogP contribution >= 0.6 is 11.3 Å². The van der Waals surface area contributed by atoms with Crippen molar-refractivity contribution in [2.45, 2.75) is 103 Å². The summed E-state index contributed by atoms with van der Waals surface area (Å²) in [7, 11) is 0. The molecule has 2 unspecified atom stereocenters. The van der Waals surface area contributed by atoms with E-state index < -0.39 is 0 Å². The maximum absolute atomic E-state index is 6.82. The van der Waals surface area contributed by atoms with E-state index in [0.29, 0.717) is 0 Å². The molecule has 1 aliphatic carbocycles. The quantitative estimate of drug-likeness (QED) is 0.162. The molecule has 0 bridgehead atoms. The van der Waals surface area contributed by atoms with Gasteiger partial charge >= 0.3 is 6.85 Å². The van der Waals surface area contributed by atoms with Crippen LogP contribution in [0.5, 0.6) is 0 Å². The number of hydrogen-bond acceptors (Lipinski definition) is 4. The molecule has 63 heavy (non-hydrogen) atoms. The van der Waals surface area contributed by atoms with Crippen LogP contribution in [0.4, 0.5) is 22.7 Å². The molecule has 13 rings (SSSR count). The van der Waals surface area contributed by atoms with Gasteiger partial charge in [0.2, 0.25) is 0 Å². The standard InChI is InChI=1S/C58H53BN2OS/c1-55(2,3)35-24-25-45(39(28-35)34-18-10-9-11-19-34)61-46-31-40-37-20-12-14-22-48(37)62-49(40)33-42(46)51-52-47(32-41-38-21-13-15-23-50(38)63-54(41)51)60-53-43(57(7)26-16-17-27-58(57,60)8)29-36(56(4,5)6)30-44(53)59(52)61/h9-15,18-25,28-33H,16-17,26-27H2,1-8H3. The minimum absolute atomic E-state index is 0.0113. The number of fused-ring (bicyclic) bond motifs is 14. The Morgan fingerprint density at radius 1 is 0.603 bits per heavy atom. The lowest BCUT2D eigenvalue weighted by molar-refractivity contribution is 0.195. The highest BCUT2D eigenvalue weighted by atomic mass is 32.1. The predicted octanol–water partition coefficient (Wildman–Crippen LogP) is 15.2. The lowest BCUT2D eigenvalue weighted by atomic mass is 9.43. The van der Waals surface area contributed by atoms with Gasteiger partial charge in [-0.05, 0) is 106 Å². The van der Waals surface area contributed by atoms with Crippen molar-refractivity contribution in [3.8, 4) is 22.3 Å². The van der Waals surface area contributed by atoms with Crippen LogP contribution in [0.2, 0.25) is 0 Å². The molecule has 0 N–H and O–H groups in total. The molecule has 1 saturated carbocycles. The highest BCUT2D eigenvalue weighted by Crippen LogP contribution is 2.64. The van der Waals surface area contributed by atoms with E-state index in [-0.39, 0.29) is 28.6 Å². The predicted molar refractivity (Wildman–Crippen MR) is 271 cm³/mol. The van der Waals surface area contributed by atoms with Crippen molar-refractivity contribution in [1.82, 2.24) is 0 Å². The van der Waals surface area contributed by atoms with E-state index in [9.17, 15) is 0 Å². The second-order valence-corrected chi connectivity index (χ2v) is 22.7. The van der Waals surface area contributed by atoms with Crippen molar-refractivity contribution >= 4 is 94.0 Å². The van der Waals surface area contributed by atoms with E-state index in [1.54, 1.807) is 5.56 Å². The first-order valence-electron chi connectivity index (χ1n) is 23.2. The Morgan fingerprint density at radius 3 is 2.11 bits per heavy atom. The van der Waals surface area contributed by atoms with E-state index in [1.807, 2.05) is 11.3 Å². The van der Waals surface area contributed by atoms with Gasteiger partial charge in [-0.15, -0.1) is 11.3 Å². The summed E-state index contributed by atoms with van der Waals surface area (Å²) < 4.78 is 9.53. The van der Waals surface area contributed by atoms with Gasteiger partial charge in [-0.3, -0.25) is 0 Å². The summed E-state index contributed by atoms with van der Waals surface area (Å²) in [6, 6.07) is 49.0. The molecule has 5 heterocycles. The molecule has 7 aromatic carbocycles. The van der Waals surface area contributed by atoms with Crippen LogP contribution in [0.3, 0.4) is 0 Å². The zero-order valence-corrected chi connectivity index (χ0v) is 38.6. The molecule has 0 amide bonds. The van der Waals surface area contributed by atoms with Crippen molar-refractivity contribution in [2.75, 3.05) is 9.71 Å². The number of rotatable bonds is 2. The average Bonchev–Trinajstić information content (AvgIpc) is 3.89. The van der Waals surface area contributed by atoms with Crippen molar-refractivity contribution in [2.24, 2.45) is 0 Å². The normalized spacial score (nSPS) is 20.2. The average molecular weight is 837 g/mol. The smallest absolute Gasteiger partial charge is 0.333 e. The fourth-order valence-electron chi connectivity index (χ4n) is 12.5. The summed E-state index contributed by atoms with van der Waals surface area (Å²) in [5, 5.41) is 5.02. The molecule has 4 aliphatic rings. The summed E-state index contributed by atoms with van der Waals surface area (Å²) in [6.07, 6.45) is 4.86. The summed E-state index contributed by atoms with van der Waals surface area (Å²) in [5.74, 6) is 0. The highest BCUT2D eigenvalue weighted by molar-refractivity contribution is 7.26. The van der Waals surface area contributed by atoms with Crippen LogP contribution in [0.15, 0.2) is 132 Å². The zero-order chi connectivity index (χ0) is 42.9. The Morgan fingerprint density at radius 2 is 1.32 bits per heavy atom. The summed E-state index contributed by atoms with van der Waals surface area (Å²) in [6.45, 7) is 19.4. The van der Waals surface area contributed by atoms with Crippen molar-refractivity contribution < 1.29 is 4.42 Å². The van der Waals surface area contributed by atoms with E-state index >= 15 is 0 Å².